The first-order valence-corrected chi connectivity index (χ1v) is 5.12. The third-order valence-corrected chi connectivity index (χ3v) is 2.32. The Labute approximate surface area is 94.7 Å². The zero-order chi connectivity index (χ0) is 12.3. The van der Waals surface area contributed by atoms with Gasteiger partial charge in [0.1, 0.15) is 12.2 Å². The van der Waals surface area contributed by atoms with E-state index in [1.54, 1.807) is 11.0 Å². The molecule has 0 spiro atoms. The summed E-state index contributed by atoms with van der Waals surface area (Å²) in [5, 5.41) is 8.48. The van der Waals surface area contributed by atoms with E-state index in [0.29, 0.717) is 13.1 Å². The first-order chi connectivity index (χ1) is 7.32. The number of hydrogen-bond acceptors (Lipinski definition) is 3. The van der Waals surface area contributed by atoms with E-state index in [9.17, 15) is 9.59 Å². The van der Waals surface area contributed by atoms with Crippen LogP contribution in [0.25, 0.3) is 0 Å². The van der Waals surface area contributed by atoms with Crippen molar-refractivity contribution >= 4 is 11.9 Å². The first-order valence-electron chi connectivity index (χ1n) is 5.12. The summed E-state index contributed by atoms with van der Waals surface area (Å²) in [6, 6.07) is 0. The van der Waals surface area contributed by atoms with Crippen LogP contribution in [0, 0.1) is 0 Å². The third kappa shape index (κ3) is 3.34. The van der Waals surface area contributed by atoms with Crippen LogP contribution in [0.4, 0.5) is 0 Å². The number of nitrogens with zero attached hydrogens (tertiary/aromatic N) is 1. The molecule has 1 N–H and O–H groups in total. The van der Waals surface area contributed by atoms with Crippen molar-refractivity contribution in [2.45, 2.75) is 26.4 Å². The van der Waals surface area contributed by atoms with E-state index >= 15 is 0 Å². The van der Waals surface area contributed by atoms with Gasteiger partial charge >= 0.3 is 5.97 Å². The Balaban J connectivity index is 2.39. The standard InChI is InChI=1S/C11H17NO4/c1-8(2)4-9(13)12-6-11(3,7-12)16-5-10(14)15/h4H,5-7H2,1-3H3,(H,14,15). The van der Waals surface area contributed by atoms with E-state index in [0.717, 1.165) is 5.57 Å². The second-order valence-electron chi connectivity index (χ2n) is 4.55. The van der Waals surface area contributed by atoms with Gasteiger partial charge in [-0.1, -0.05) is 5.57 Å². The number of likely N-dealkylation sites (tertiary alicyclic amines) is 1. The highest BCUT2D eigenvalue weighted by atomic mass is 16.5. The van der Waals surface area contributed by atoms with Gasteiger partial charge in [-0.25, -0.2) is 4.79 Å². The van der Waals surface area contributed by atoms with E-state index < -0.39 is 11.6 Å². The Morgan fingerprint density at radius 2 is 2.00 bits per heavy atom. The number of amides is 1. The summed E-state index contributed by atoms with van der Waals surface area (Å²) < 4.78 is 5.20. The summed E-state index contributed by atoms with van der Waals surface area (Å²) in [6.07, 6.45) is 1.57. The fourth-order valence-corrected chi connectivity index (χ4v) is 1.58. The molecule has 1 heterocycles. The summed E-state index contributed by atoms with van der Waals surface area (Å²) in [6.45, 7) is 6.10. The van der Waals surface area contributed by atoms with E-state index in [1.165, 1.54) is 0 Å². The van der Waals surface area contributed by atoms with Gasteiger partial charge in [0.2, 0.25) is 5.91 Å². The van der Waals surface area contributed by atoms with Crippen molar-refractivity contribution in [3.05, 3.63) is 11.6 Å². The number of aliphatic carboxylic acids is 1. The maximum Gasteiger partial charge on any atom is 0.329 e. The highest BCUT2D eigenvalue weighted by molar-refractivity contribution is 5.89. The average molecular weight is 227 g/mol. The largest absolute Gasteiger partial charge is 0.480 e. The normalized spacial score (nSPS) is 17.6. The minimum absolute atomic E-state index is 0.0450. The Kier molecular flexibility index (Phi) is 3.70. The fraction of sp³-hybridized carbons (Fsp3) is 0.636. The SMILES string of the molecule is CC(C)=CC(=O)N1CC(C)(OCC(=O)O)C1. The molecular weight excluding hydrogens is 210 g/mol. The van der Waals surface area contributed by atoms with Crippen LogP contribution in [0.3, 0.4) is 0 Å². The van der Waals surface area contributed by atoms with Gasteiger partial charge < -0.3 is 14.7 Å². The van der Waals surface area contributed by atoms with Crippen LogP contribution < -0.4 is 0 Å². The number of carbonyl (C=O) groups is 2. The van der Waals surface area contributed by atoms with Gasteiger partial charge in [0.25, 0.3) is 0 Å². The van der Waals surface area contributed by atoms with E-state index in [4.69, 9.17) is 9.84 Å². The van der Waals surface area contributed by atoms with Crippen molar-refractivity contribution in [1.82, 2.24) is 4.90 Å². The predicted molar refractivity (Wildman–Crippen MR) is 58.0 cm³/mol. The Hall–Kier alpha value is -1.36. The van der Waals surface area contributed by atoms with Gasteiger partial charge in [0, 0.05) is 6.08 Å². The van der Waals surface area contributed by atoms with Gasteiger partial charge in [-0.2, -0.15) is 0 Å². The molecule has 5 nitrogen and oxygen atoms in total. The molecular formula is C11H17NO4. The van der Waals surface area contributed by atoms with Crippen molar-refractivity contribution in [3.8, 4) is 0 Å². The minimum Gasteiger partial charge on any atom is -0.480 e. The van der Waals surface area contributed by atoms with Crippen molar-refractivity contribution in [3.63, 3.8) is 0 Å². The molecule has 0 bridgehead atoms. The maximum absolute atomic E-state index is 11.5. The molecule has 0 aromatic heterocycles. The lowest BCUT2D eigenvalue weighted by atomic mass is 9.96. The van der Waals surface area contributed by atoms with Crippen molar-refractivity contribution in [2.24, 2.45) is 0 Å². The monoisotopic (exact) mass is 227 g/mol. The molecule has 0 unspecified atom stereocenters. The molecule has 1 saturated heterocycles. The van der Waals surface area contributed by atoms with E-state index in [1.807, 2.05) is 20.8 Å². The molecule has 1 aliphatic rings. The van der Waals surface area contributed by atoms with Crippen molar-refractivity contribution in [1.29, 1.82) is 0 Å². The molecule has 1 rings (SSSR count). The molecule has 90 valence electrons. The lowest BCUT2D eigenvalue weighted by Crippen LogP contribution is -2.63. The molecule has 0 aliphatic carbocycles. The van der Waals surface area contributed by atoms with Gasteiger partial charge in [-0.05, 0) is 20.8 Å². The van der Waals surface area contributed by atoms with Gasteiger partial charge in [0.05, 0.1) is 13.1 Å². The van der Waals surface area contributed by atoms with Crippen molar-refractivity contribution in [2.75, 3.05) is 19.7 Å². The molecule has 0 aromatic carbocycles. The molecule has 0 saturated carbocycles. The van der Waals surface area contributed by atoms with Gasteiger partial charge in [-0.15, -0.1) is 0 Å². The summed E-state index contributed by atoms with van der Waals surface area (Å²) in [5.41, 5.74) is 0.439. The summed E-state index contributed by atoms with van der Waals surface area (Å²) in [5.74, 6) is -1.04. The molecule has 0 radical (unpaired) electrons. The van der Waals surface area contributed by atoms with Crippen LogP contribution in [0.15, 0.2) is 11.6 Å². The first kappa shape index (κ1) is 12.7. The maximum atomic E-state index is 11.5. The fourth-order valence-electron chi connectivity index (χ4n) is 1.58. The third-order valence-electron chi connectivity index (χ3n) is 2.32. The topological polar surface area (TPSA) is 66.8 Å². The Morgan fingerprint density at radius 3 is 2.44 bits per heavy atom. The quantitative estimate of drug-likeness (QED) is 0.716. The Morgan fingerprint density at radius 1 is 1.44 bits per heavy atom. The number of allylic oxidation sites excluding steroid dienone is 1. The number of ether oxygens (including phenoxy) is 1. The number of carboxylic acids is 1. The van der Waals surface area contributed by atoms with Gasteiger partial charge in [0.15, 0.2) is 0 Å². The molecule has 0 aromatic rings. The number of hydrogen-bond donors (Lipinski definition) is 1. The zero-order valence-electron chi connectivity index (χ0n) is 9.82. The van der Waals surface area contributed by atoms with Gasteiger partial charge in [-0.3, -0.25) is 4.79 Å². The van der Waals surface area contributed by atoms with Crippen LogP contribution in [0.1, 0.15) is 20.8 Å². The van der Waals surface area contributed by atoms with Crippen LogP contribution in [-0.2, 0) is 14.3 Å². The molecule has 1 aliphatic heterocycles. The number of rotatable bonds is 4. The summed E-state index contributed by atoms with van der Waals surface area (Å²) in [4.78, 5) is 23.5. The minimum atomic E-state index is -0.990. The van der Waals surface area contributed by atoms with E-state index in [-0.39, 0.29) is 12.5 Å². The van der Waals surface area contributed by atoms with Crippen LogP contribution in [0.5, 0.6) is 0 Å². The van der Waals surface area contributed by atoms with Crippen LogP contribution >= 0.6 is 0 Å². The lowest BCUT2D eigenvalue weighted by molar-refractivity contribution is -0.170. The average Bonchev–Trinajstić information content (AvgIpc) is 2.09. The highest BCUT2D eigenvalue weighted by Crippen LogP contribution is 2.24. The summed E-state index contributed by atoms with van der Waals surface area (Å²) >= 11 is 0. The second-order valence-corrected chi connectivity index (χ2v) is 4.55. The van der Waals surface area contributed by atoms with Crippen LogP contribution in [-0.4, -0.2) is 47.2 Å². The van der Waals surface area contributed by atoms with E-state index in [2.05, 4.69) is 0 Å². The second kappa shape index (κ2) is 4.65. The molecule has 16 heavy (non-hydrogen) atoms. The molecule has 0 atom stereocenters. The van der Waals surface area contributed by atoms with Crippen molar-refractivity contribution < 1.29 is 19.4 Å². The number of carboxylic acid groups (broad SMARTS) is 1. The smallest absolute Gasteiger partial charge is 0.329 e. The zero-order valence-corrected chi connectivity index (χ0v) is 9.82. The number of carbonyl (C=O) groups excluding carboxylic acids is 1. The lowest BCUT2D eigenvalue weighted by Gasteiger charge is -2.46. The Bertz CT molecular complexity index is 325. The summed E-state index contributed by atoms with van der Waals surface area (Å²) in [7, 11) is 0. The highest BCUT2D eigenvalue weighted by Gasteiger charge is 2.42. The molecule has 1 amide bonds. The van der Waals surface area contributed by atoms with Crippen LogP contribution in [0.2, 0.25) is 0 Å². The predicted octanol–water partition coefficient (Wildman–Crippen LogP) is 0.655. The molecule has 5 heteroatoms. The molecule has 1 fully saturated rings.